The molecule has 18 aliphatic rings. The number of hydrogen-bond donors (Lipinski definition) is 0. The summed E-state index contributed by atoms with van der Waals surface area (Å²) in [5.74, 6) is 8.89. The van der Waals surface area contributed by atoms with E-state index in [-0.39, 0.29) is 13.1 Å². The molecule has 8 saturated carbocycles. The minimum atomic E-state index is -4.30. The molecule has 10 aliphatic heterocycles. The third kappa shape index (κ3) is 0.898. The van der Waals surface area contributed by atoms with E-state index in [2.05, 4.69) is 79.1 Å². The van der Waals surface area contributed by atoms with E-state index >= 15 is 0 Å². The number of hydrogen-bond acceptors (Lipinski definition) is 2. The van der Waals surface area contributed by atoms with E-state index in [0.717, 1.165) is 72.1 Å². The molecule has 10 saturated heterocycles. The van der Waals surface area contributed by atoms with E-state index in [1.165, 1.54) is 28.9 Å². The predicted molar refractivity (Wildman–Crippen MR) is 206 cm³/mol. The number of rotatable bonds is 7. The second kappa shape index (κ2) is 4.86. The van der Waals surface area contributed by atoms with E-state index in [4.69, 9.17) is 9.97 Å². The second-order valence-corrected chi connectivity index (χ2v) is 52.4. The van der Waals surface area contributed by atoms with Crippen LogP contribution in [0.15, 0.2) is 49.1 Å². The van der Waals surface area contributed by atoms with Crippen molar-refractivity contribution < 1.29 is 6.51 Å². The van der Waals surface area contributed by atoms with Crippen LogP contribution in [0.3, 0.4) is 0 Å². The quantitative estimate of drug-likeness (QED) is 0.208. The van der Waals surface area contributed by atoms with Crippen LogP contribution in [0.5, 0.6) is 0 Å². The van der Waals surface area contributed by atoms with Crippen molar-refractivity contribution in [3.05, 3.63) is 60.2 Å². The van der Waals surface area contributed by atoms with Crippen molar-refractivity contribution in [1.82, 2.24) is 9.97 Å². The van der Waals surface area contributed by atoms with Crippen LogP contribution in [0.4, 0.5) is 0 Å². The zero-order valence-corrected chi connectivity index (χ0v) is 34.1. The zero-order valence-electron chi connectivity index (χ0n) is 31.0. The molecule has 2 aromatic rings. The average Bonchev–Trinajstić information content (AvgIpc) is 4.06. The average molecular weight is 757 g/mol. The minimum absolute atomic E-state index is 0.00716. The van der Waals surface area contributed by atoms with Gasteiger partial charge in [-0.3, -0.25) is 0 Å². The second-order valence-electron chi connectivity index (χ2n) is 26.1. The number of aromatic nitrogens is 2. The van der Waals surface area contributed by atoms with Gasteiger partial charge in [-0.1, -0.05) is 0 Å². The molecule has 0 aromatic carbocycles. The summed E-state index contributed by atoms with van der Waals surface area (Å²) in [6, 6.07) is 9.71. The van der Waals surface area contributed by atoms with Crippen molar-refractivity contribution in [2.75, 3.05) is 6.16 Å². The van der Waals surface area contributed by atoms with Gasteiger partial charge >= 0.3 is 301 Å². The fourth-order valence-corrected chi connectivity index (χ4v) is 126. The van der Waals surface area contributed by atoms with Gasteiger partial charge in [0, 0.05) is 0 Å². The molecule has 5 heteroatoms. The Labute approximate surface area is 299 Å². The molecule has 6 unspecified atom stereocenters. The van der Waals surface area contributed by atoms with E-state index in [0.29, 0.717) is 9.73 Å². The van der Waals surface area contributed by atoms with Gasteiger partial charge in [0.25, 0.3) is 0 Å². The molecule has 2 aromatic heterocycles. The Morgan fingerprint density at radius 3 is 1.45 bits per heavy atom. The van der Waals surface area contributed by atoms with Crippen molar-refractivity contribution in [3.8, 4) is 0 Å². The van der Waals surface area contributed by atoms with Gasteiger partial charge in [0.05, 0.1) is 0 Å². The molecule has 8 bridgehead atoms. The first kappa shape index (κ1) is 27.3. The van der Waals surface area contributed by atoms with Gasteiger partial charge in [-0.15, -0.1) is 0 Å². The Kier molecular flexibility index (Phi) is 2.60. The molecule has 18 fully saturated rings. The molecule has 1 spiro atoms. The van der Waals surface area contributed by atoms with Crippen LogP contribution in [0, 0.1) is 52.8 Å². The fourth-order valence-electron chi connectivity index (χ4n) is 32.4. The van der Waals surface area contributed by atoms with Gasteiger partial charge in [0.15, 0.2) is 0 Å². The Bertz CT molecular complexity index is 2340. The fraction of sp³-hybridized carbons (Fsp3) is 0.783. The third-order valence-corrected chi connectivity index (χ3v) is 79.0. The molecule has 270 valence electrons. The van der Waals surface area contributed by atoms with Crippen LogP contribution >= 0.6 is 17.2 Å². The molecule has 20 rings (SSSR count). The summed E-state index contributed by atoms with van der Waals surface area (Å²) in [4.78, 5) is 18.7. The van der Waals surface area contributed by atoms with Crippen LogP contribution in [0.1, 0.15) is 96.1 Å². The van der Waals surface area contributed by atoms with E-state index in [9.17, 15) is 0 Å². The first-order valence-corrected chi connectivity index (χ1v) is 30.4. The maximum absolute atomic E-state index is 4.98. The summed E-state index contributed by atoms with van der Waals surface area (Å²) in [5.41, 5.74) is 5.91. The SMILES string of the molecule is CC(C)(C)[C]12[CH]3[C]4(CP(C5C6CC7CC(C6)CC5C7)C5C6CC7CC(C6)CC5C7)[C]5(C(P)(c6cccnc6)c6cccnc6)[CH]1[Fe]34251678[CH]2[CH]1[CH]6[CH]7[CH]28. The van der Waals surface area contributed by atoms with Crippen molar-refractivity contribution >= 4 is 17.2 Å². The number of pyridine rings is 2. The first-order valence-electron chi connectivity index (χ1n) is 22.0. The Morgan fingerprint density at radius 1 is 0.667 bits per heavy atom. The predicted octanol–water partition coefficient (Wildman–Crippen LogP) is 12.3. The summed E-state index contributed by atoms with van der Waals surface area (Å²) in [6.45, 7) is 4.13. The molecule has 51 heavy (non-hydrogen) atoms. The molecule has 0 amide bonds. The normalized spacial score (nSPS) is 73.4. The van der Waals surface area contributed by atoms with Gasteiger partial charge in [0.1, 0.15) is 0 Å². The van der Waals surface area contributed by atoms with E-state index in [1.54, 1.807) is 75.3 Å². The molecule has 12 heterocycles. The van der Waals surface area contributed by atoms with Gasteiger partial charge in [0.2, 0.25) is 0 Å². The molecular formula is C46H58FeN2P2. The van der Waals surface area contributed by atoms with Crippen LogP contribution in [-0.2, 0) is 11.7 Å². The van der Waals surface area contributed by atoms with Crippen molar-refractivity contribution in [2.45, 2.75) is 148 Å². The molecular weight excluding hydrogens is 698 g/mol. The summed E-state index contributed by atoms with van der Waals surface area (Å²) < 4.78 is 2.17. The van der Waals surface area contributed by atoms with Gasteiger partial charge in [-0.05, 0) is 0 Å². The zero-order chi connectivity index (χ0) is 33.2. The maximum atomic E-state index is 4.98. The third-order valence-electron chi connectivity index (χ3n) is 28.8. The molecule has 6 atom stereocenters. The van der Waals surface area contributed by atoms with Gasteiger partial charge in [-0.2, -0.15) is 0 Å². The monoisotopic (exact) mass is 756 g/mol. The van der Waals surface area contributed by atoms with Gasteiger partial charge in [-0.25, -0.2) is 0 Å². The van der Waals surface area contributed by atoms with Crippen LogP contribution in [0.25, 0.3) is 0 Å². The van der Waals surface area contributed by atoms with Crippen molar-refractivity contribution in [2.24, 2.45) is 52.8 Å². The summed E-state index contributed by atoms with van der Waals surface area (Å²) in [5, 5.41) is 0.00716. The summed E-state index contributed by atoms with van der Waals surface area (Å²) in [6.07, 6.45) is 27.1. The summed E-state index contributed by atoms with van der Waals surface area (Å²) in [7, 11) is 3.90. The molecule has 8 aliphatic carbocycles. The standard InChI is InChI=1S/C41H53N2P2.C5H5.Fe/c1-40(2,3)36-20-33(37(21-36)41(44,34-6-4-8-42-22-34)35-7-5-9-43-23-35)24-45(38-29-12-25-10-26(14-29)15-30(38)13-25)39-31-16-27-11-28(18-31)19-32(39)17-27;1-2-4-5-3-1;/h4-9,20-23,25-32,38-39H,10-19,24,44H2,1-3H3;1-5H;. The molecule has 0 N–H and O–H groups in total. The van der Waals surface area contributed by atoms with Crippen molar-refractivity contribution in [1.29, 1.82) is 0 Å². The number of nitrogens with zero attached hydrogens (tertiary/aromatic N) is 2. The molecule has 0 radical (unpaired) electrons. The summed E-state index contributed by atoms with van der Waals surface area (Å²) >= 11 is 0. The van der Waals surface area contributed by atoms with Crippen molar-refractivity contribution in [3.63, 3.8) is 0 Å². The van der Waals surface area contributed by atoms with Crippen LogP contribution < -0.4 is 0 Å². The van der Waals surface area contributed by atoms with E-state index in [1.807, 2.05) is 6.16 Å². The Hall–Kier alpha value is -0.321. The van der Waals surface area contributed by atoms with Gasteiger partial charge < -0.3 is 0 Å². The number of fused-ring (bicyclic) bond motifs is 10. The Morgan fingerprint density at radius 2 is 1.10 bits per heavy atom. The molecule has 2 nitrogen and oxygen atoms in total. The Balaban J connectivity index is 0.925. The van der Waals surface area contributed by atoms with Crippen LogP contribution in [-0.4, -0.2) is 27.4 Å². The topological polar surface area (TPSA) is 25.8 Å². The van der Waals surface area contributed by atoms with Crippen LogP contribution in [0.2, 0.25) is 46.7 Å². The first-order chi connectivity index (χ1) is 24.5. The van der Waals surface area contributed by atoms with E-state index < -0.39 is 6.51 Å².